The minimum Gasteiger partial charge on any atom is -0.350 e. The molecular weight excluding hydrogens is 304 g/mol. The molecular formula is C18H26N4S. The van der Waals surface area contributed by atoms with E-state index < -0.39 is 0 Å². The van der Waals surface area contributed by atoms with Crippen molar-refractivity contribution in [1.82, 2.24) is 15.6 Å². The summed E-state index contributed by atoms with van der Waals surface area (Å²) in [7, 11) is 1.79. The summed E-state index contributed by atoms with van der Waals surface area (Å²) in [5.74, 6) is 1.26. The molecule has 5 heteroatoms. The quantitative estimate of drug-likeness (QED) is 0.643. The van der Waals surface area contributed by atoms with Gasteiger partial charge in [-0.3, -0.25) is 4.99 Å². The van der Waals surface area contributed by atoms with Crippen molar-refractivity contribution in [2.45, 2.75) is 46.2 Å². The van der Waals surface area contributed by atoms with Crippen LogP contribution in [0.25, 0.3) is 0 Å². The Morgan fingerprint density at radius 3 is 2.48 bits per heavy atom. The Hall–Kier alpha value is -1.88. The number of guanidine groups is 1. The molecule has 1 heterocycles. The van der Waals surface area contributed by atoms with E-state index in [1.54, 1.807) is 18.4 Å². The fraction of sp³-hybridized carbons (Fsp3) is 0.444. The minimum atomic E-state index is 0.201. The third-order valence-corrected chi connectivity index (χ3v) is 4.69. The zero-order chi connectivity index (χ0) is 16.8. The summed E-state index contributed by atoms with van der Waals surface area (Å²) in [4.78, 5) is 10.3. The van der Waals surface area contributed by atoms with Gasteiger partial charge in [0.15, 0.2) is 5.96 Å². The van der Waals surface area contributed by atoms with Gasteiger partial charge in [0.05, 0.1) is 18.3 Å². The highest BCUT2D eigenvalue weighted by Gasteiger charge is 2.12. The van der Waals surface area contributed by atoms with Crippen LogP contribution in [-0.4, -0.2) is 18.0 Å². The van der Waals surface area contributed by atoms with Crippen LogP contribution in [0.15, 0.2) is 35.3 Å². The van der Waals surface area contributed by atoms with Crippen molar-refractivity contribution in [2.24, 2.45) is 4.99 Å². The van der Waals surface area contributed by atoms with E-state index in [9.17, 15) is 0 Å². The number of hydrogen-bond donors (Lipinski definition) is 2. The van der Waals surface area contributed by atoms with E-state index in [1.807, 2.05) is 6.07 Å². The number of aryl methyl sites for hydroxylation is 1. The molecule has 0 spiro atoms. The van der Waals surface area contributed by atoms with E-state index in [1.165, 1.54) is 16.1 Å². The highest BCUT2D eigenvalue weighted by atomic mass is 32.1. The fourth-order valence-electron chi connectivity index (χ4n) is 2.46. The fourth-order valence-corrected chi connectivity index (χ4v) is 3.49. The van der Waals surface area contributed by atoms with E-state index in [4.69, 9.17) is 4.98 Å². The zero-order valence-corrected chi connectivity index (χ0v) is 15.4. The second kappa shape index (κ2) is 8.11. The molecule has 4 nitrogen and oxygen atoms in total. The summed E-state index contributed by atoms with van der Waals surface area (Å²) in [5.41, 5.74) is 2.44. The van der Waals surface area contributed by atoms with Crippen molar-refractivity contribution in [3.63, 3.8) is 0 Å². The summed E-state index contributed by atoms with van der Waals surface area (Å²) in [6.45, 7) is 9.33. The molecule has 1 unspecified atom stereocenters. The van der Waals surface area contributed by atoms with Crippen molar-refractivity contribution >= 4 is 17.3 Å². The molecule has 2 rings (SSSR count). The van der Waals surface area contributed by atoms with Crippen LogP contribution in [0.2, 0.25) is 0 Å². The van der Waals surface area contributed by atoms with E-state index >= 15 is 0 Å². The van der Waals surface area contributed by atoms with Crippen LogP contribution in [0.5, 0.6) is 0 Å². The van der Waals surface area contributed by atoms with Gasteiger partial charge in [-0.15, -0.1) is 11.3 Å². The smallest absolute Gasteiger partial charge is 0.191 e. The lowest BCUT2D eigenvalue weighted by molar-refractivity contribution is 0.684. The van der Waals surface area contributed by atoms with Crippen molar-refractivity contribution in [1.29, 1.82) is 0 Å². The maximum absolute atomic E-state index is 4.73. The van der Waals surface area contributed by atoms with Crippen molar-refractivity contribution < 1.29 is 0 Å². The van der Waals surface area contributed by atoms with E-state index in [2.05, 4.69) is 67.6 Å². The first kappa shape index (κ1) is 17.5. The van der Waals surface area contributed by atoms with Crippen LogP contribution in [0.3, 0.4) is 0 Å². The van der Waals surface area contributed by atoms with Crippen LogP contribution in [0.1, 0.15) is 53.9 Å². The summed E-state index contributed by atoms with van der Waals surface area (Å²) in [5, 5.41) is 7.86. The van der Waals surface area contributed by atoms with Crippen LogP contribution >= 0.6 is 11.3 Å². The molecule has 124 valence electrons. The third kappa shape index (κ3) is 4.79. The summed E-state index contributed by atoms with van der Waals surface area (Å²) in [6, 6.07) is 10.6. The minimum absolute atomic E-state index is 0.201. The summed E-state index contributed by atoms with van der Waals surface area (Å²) < 4.78 is 0. The van der Waals surface area contributed by atoms with Gasteiger partial charge in [-0.25, -0.2) is 4.98 Å². The Morgan fingerprint density at radius 1 is 1.22 bits per heavy atom. The van der Waals surface area contributed by atoms with Crippen molar-refractivity contribution in [3.8, 4) is 0 Å². The zero-order valence-electron chi connectivity index (χ0n) is 14.6. The monoisotopic (exact) mass is 330 g/mol. The van der Waals surface area contributed by atoms with Gasteiger partial charge >= 0.3 is 0 Å². The molecule has 0 saturated carbocycles. The number of benzene rings is 1. The van der Waals surface area contributed by atoms with E-state index in [0.717, 1.165) is 11.0 Å². The first-order chi connectivity index (χ1) is 11.0. The molecule has 1 aromatic carbocycles. The highest BCUT2D eigenvalue weighted by molar-refractivity contribution is 7.11. The highest BCUT2D eigenvalue weighted by Crippen LogP contribution is 2.23. The van der Waals surface area contributed by atoms with Gasteiger partial charge in [-0.05, 0) is 25.3 Å². The second-order valence-electron chi connectivity index (χ2n) is 5.91. The Labute approximate surface area is 143 Å². The number of aromatic nitrogens is 1. The first-order valence-corrected chi connectivity index (χ1v) is 8.81. The number of nitrogens with zero attached hydrogens (tertiary/aromatic N) is 2. The molecule has 0 bridgehead atoms. The second-order valence-corrected chi connectivity index (χ2v) is 7.19. The van der Waals surface area contributed by atoms with Crippen molar-refractivity contribution in [2.75, 3.05) is 7.05 Å². The molecule has 0 fully saturated rings. The predicted molar refractivity (Wildman–Crippen MR) is 99.1 cm³/mol. The summed E-state index contributed by atoms with van der Waals surface area (Å²) in [6.07, 6.45) is 0. The van der Waals surface area contributed by atoms with Gasteiger partial charge in [-0.1, -0.05) is 44.2 Å². The van der Waals surface area contributed by atoms with Crippen LogP contribution in [0, 0.1) is 6.92 Å². The van der Waals surface area contributed by atoms with E-state index in [-0.39, 0.29) is 6.04 Å². The van der Waals surface area contributed by atoms with E-state index in [0.29, 0.717) is 12.5 Å². The normalized spacial score (nSPS) is 13.2. The average molecular weight is 331 g/mol. The maximum atomic E-state index is 4.73. The van der Waals surface area contributed by atoms with Crippen molar-refractivity contribution in [3.05, 3.63) is 51.5 Å². The lowest BCUT2D eigenvalue weighted by atomic mass is 10.1. The SMILES string of the molecule is CN=C(NCc1nc(C(C)C)c(C)s1)NC(C)c1ccccc1. The molecule has 23 heavy (non-hydrogen) atoms. The first-order valence-electron chi connectivity index (χ1n) is 7.99. The van der Waals surface area contributed by atoms with Crippen LogP contribution < -0.4 is 10.6 Å². The molecule has 2 aromatic rings. The topological polar surface area (TPSA) is 49.3 Å². The van der Waals surface area contributed by atoms with Gasteiger partial charge < -0.3 is 10.6 Å². The van der Waals surface area contributed by atoms with Crippen LogP contribution in [-0.2, 0) is 6.54 Å². The molecule has 0 aliphatic rings. The van der Waals surface area contributed by atoms with Gasteiger partial charge in [0.25, 0.3) is 0 Å². The molecule has 1 aromatic heterocycles. The molecule has 0 aliphatic heterocycles. The largest absolute Gasteiger partial charge is 0.350 e. The lowest BCUT2D eigenvalue weighted by Crippen LogP contribution is -2.38. The molecule has 0 saturated heterocycles. The number of thiazole rings is 1. The molecule has 2 N–H and O–H groups in total. The van der Waals surface area contributed by atoms with Gasteiger partial charge in [0.2, 0.25) is 0 Å². The molecule has 0 radical (unpaired) electrons. The number of hydrogen-bond acceptors (Lipinski definition) is 3. The lowest BCUT2D eigenvalue weighted by Gasteiger charge is -2.17. The molecule has 0 aliphatic carbocycles. The van der Waals surface area contributed by atoms with Gasteiger partial charge in [0.1, 0.15) is 5.01 Å². The summed E-state index contributed by atoms with van der Waals surface area (Å²) >= 11 is 1.75. The Kier molecular flexibility index (Phi) is 6.16. The molecule has 0 amide bonds. The number of nitrogens with one attached hydrogen (secondary N) is 2. The standard InChI is InChI=1S/C18H26N4S/c1-12(2)17-14(4)23-16(22-17)11-20-18(19-5)21-13(3)15-9-7-6-8-10-15/h6-10,12-13H,11H2,1-5H3,(H2,19,20,21). The maximum Gasteiger partial charge on any atom is 0.191 e. The third-order valence-electron chi connectivity index (χ3n) is 3.71. The molecule has 1 atom stereocenters. The predicted octanol–water partition coefficient (Wildman–Crippen LogP) is 4.00. The van der Waals surface area contributed by atoms with Gasteiger partial charge in [-0.2, -0.15) is 0 Å². The Morgan fingerprint density at radius 2 is 1.91 bits per heavy atom. The Bertz CT molecular complexity index is 646. The van der Waals surface area contributed by atoms with Gasteiger partial charge in [0, 0.05) is 11.9 Å². The number of rotatable bonds is 5. The van der Waals surface area contributed by atoms with Crippen LogP contribution in [0.4, 0.5) is 0 Å². The average Bonchev–Trinajstić information content (AvgIpc) is 2.93. The Balaban J connectivity index is 1.94. The number of aliphatic imine (C=N–C) groups is 1.